The van der Waals surface area contributed by atoms with Crippen LogP contribution >= 0.6 is 11.6 Å². The van der Waals surface area contributed by atoms with Gasteiger partial charge in [0.15, 0.2) is 11.6 Å². The molecular formula is C23H22ClFN3O. The molecule has 1 aromatic heterocycles. The van der Waals surface area contributed by atoms with Crippen molar-refractivity contribution in [2.75, 3.05) is 18.8 Å². The zero-order valence-corrected chi connectivity index (χ0v) is 16.7. The van der Waals surface area contributed by atoms with Crippen LogP contribution in [0.5, 0.6) is 5.75 Å². The zero-order valence-electron chi connectivity index (χ0n) is 15.9. The van der Waals surface area contributed by atoms with E-state index in [1.54, 1.807) is 12.3 Å². The van der Waals surface area contributed by atoms with Gasteiger partial charge in [0.05, 0.1) is 11.6 Å². The smallest absolute Gasteiger partial charge is 0.166 e. The second-order valence-electron chi connectivity index (χ2n) is 7.13. The Morgan fingerprint density at radius 1 is 1.07 bits per heavy atom. The lowest BCUT2D eigenvalue weighted by molar-refractivity contribution is 0.307. The van der Waals surface area contributed by atoms with E-state index in [1.807, 2.05) is 6.07 Å². The van der Waals surface area contributed by atoms with Crippen LogP contribution in [0.2, 0.25) is 5.02 Å². The van der Waals surface area contributed by atoms with E-state index in [0.717, 1.165) is 24.2 Å². The van der Waals surface area contributed by atoms with Gasteiger partial charge >= 0.3 is 0 Å². The highest BCUT2D eigenvalue weighted by Crippen LogP contribution is 2.29. The minimum Gasteiger partial charge on any atom is -0.485 e. The molecule has 1 aliphatic rings. The van der Waals surface area contributed by atoms with E-state index in [4.69, 9.17) is 22.1 Å². The molecule has 1 saturated heterocycles. The number of likely N-dealkylation sites (tertiary alicyclic amines) is 1. The molecule has 0 atom stereocenters. The molecule has 1 radical (unpaired) electrons. The molecule has 0 amide bonds. The first-order valence-corrected chi connectivity index (χ1v) is 9.98. The number of nitrogens with two attached hydrogens (primary N) is 1. The van der Waals surface area contributed by atoms with Gasteiger partial charge < -0.3 is 10.5 Å². The average Bonchev–Trinajstić information content (AvgIpc) is 3.22. The van der Waals surface area contributed by atoms with Crippen molar-refractivity contribution < 1.29 is 9.13 Å². The van der Waals surface area contributed by atoms with Gasteiger partial charge in [-0.3, -0.25) is 4.90 Å². The molecule has 3 aromatic rings. The Labute approximate surface area is 175 Å². The number of rotatable bonds is 6. The fourth-order valence-electron chi connectivity index (χ4n) is 3.37. The molecule has 149 valence electrons. The molecule has 2 heterocycles. The van der Waals surface area contributed by atoms with Crippen LogP contribution < -0.4 is 10.5 Å². The largest absolute Gasteiger partial charge is 0.485 e. The van der Waals surface area contributed by atoms with Crippen LogP contribution in [0.3, 0.4) is 0 Å². The molecule has 0 spiro atoms. The molecule has 4 rings (SSSR count). The van der Waals surface area contributed by atoms with Crippen LogP contribution in [-0.4, -0.2) is 23.0 Å². The normalized spacial score (nSPS) is 14.3. The van der Waals surface area contributed by atoms with E-state index in [-0.39, 0.29) is 12.4 Å². The molecule has 0 aliphatic carbocycles. The van der Waals surface area contributed by atoms with Crippen LogP contribution in [0.15, 0.2) is 54.7 Å². The summed E-state index contributed by atoms with van der Waals surface area (Å²) in [5.74, 6) is 0.383. The van der Waals surface area contributed by atoms with Gasteiger partial charge in [0.1, 0.15) is 12.4 Å². The summed E-state index contributed by atoms with van der Waals surface area (Å²) < 4.78 is 19.0. The lowest BCUT2D eigenvalue weighted by atomic mass is 10.1. The van der Waals surface area contributed by atoms with Gasteiger partial charge in [-0.1, -0.05) is 41.9 Å². The van der Waals surface area contributed by atoms with Gasteiger partial charge in [-0.2, -0.15) is 0 Å². The van der Waals surface area contributed by atoms with Gasteiger partial charge in [0, 0.05) is 17.3 Å². The maximum Gasteiger partial charge on any atom is 0.166 e. The lowest BCUT2D eigenvalue weighted by Gasteiger charge is -2.14. The molecular weight excluding hydrogens is 389 g/mol. The van der Waals surface area contributed by atoms with Crippen LogP contribution in [0, 0.1) is 12.4 Å². The van der Waals surface area contributed by atoms with Crippen molar-refractivity contribution in [2.45, 2.75) is 19.4 Å². The molecule has 0 bridgehead atoms. The molecule has 0 saturated carbocycles. The summed E-state index contributed by atoms with van der Waals surface area (Å²) in [5.41, 5.74) is 9.77. The quantitative estimate of drug-likeness (QED) is 0.598. The van der Waals surface area contributed by atoms with Gasteiger partial charge in [-0.25, -0.2) is 9.37 Å². The number of pyridine rings is 1. The first-order chi connectivity index (χ1) is 14.1. The Morgan fingerprint density at radius 3 is 2.55 bits per heavy atom. The number of halogens is 2. The van der Waals surface area contributed by atoms with Crippen molar-refractivity contribution in [3.05, 3.63) is 83.2 Å². The molecule has 4 nitrogen and oxygen atoms in total. The second kappa shape index (κ2) is 8.80. The predicted octanol–water partition coefficient (Wildman–Crippen LogP) is 5.31. The maximum atomic E-state index is 13.2. The van der Waals surface area contributed by atoms with Crippen molar-refractivity contribution in [1.82, 2.24) is 9.88 Å². The number of nitrogen functional groups attached to an aromatic ring is 1. The summed E-state index contributed by atoms with van der Waals surface area (Å²) in [6.45, 7) is 4.64. The topological polar surface area (TPSA) is 51.4 Å². The highest BCUT2D eigenvalue weighted by molar-refractivity contribution is 6.31. The van der Waals surface area contributed by atoms with E-state index >= 15 is 0 Å². The van der Waals surface area contributed by atoms with Gasteiger partial charge in [-0.05, 0) is 55.3 Å². The van der Waals surface area contributed by atoms with Crippen LogP contribution in [0.25, 0.3) is 11.1 Å². The Bertz CT molecular complexity index is 988. The summed E-state index contributed by atoms with van der Waals surface area (Å²) in [4.78, 5) is 6.61. The molecule has 29 heavy (non-hydrogen) atoms. The first kappa shape index (κ1) is 19.7. The number of anilines is 1. The van der Waals surface area contributed by atoms with Crippen molar-refractivity contribution >= 4 is 17.4 Å². The lowest BCUT2D eigenvalue weighted by Crippen LogP contribution is -2.15. The Kier molecular flexibility index (Phi) is 5.97. The number of hydrogen-bond acceptors (Lipinski definition) is 4. The Morgan fingerprint density at radius 2 is 1.83 bits per heavy atom. The molecule has 2 N–H and O–H groups in total. The fraction of sp³-hybridized carbons (Fsp3) is 0.217. The summed E-state index contributed by atoms with van der Waals surface area (Å²) in [7, 11) is 0. The van der Waals surface area contributed by atoms with Crippen molar-refractivity contribution in [2.24, 2.45) is 0 Å². The second-order valence-corrected chi connectivity index (χ2v) is 7.53. The number of hydrogen-bond donors (Lipinski definition) is 1. The van der Waals surface area contributed by atoms with Gasteiger partial charge in [0.2, 0.25) is 0 Å². The van der Waals surface area contributed by atoms with Gasteiger partial charge in [0.25, 0.3) is 0 Å². The minimum atomic E-state index is -0.382. The third-order valence-electron chi connectivity index (χ3n) is 5.00. The molecule has 1 aliphatic heterocycles. The standard InChI is InChI=1S/C23H22ClFN3O/c24-21-12-20(25)8-7-18(21)15-29-22-11-19(13-27-23(22)26)17-5-3-16(4-6-17)14-28-9-1-2-10-28/h3-8,11-14H,1-2,9-10,15H2,(H2,26,27). The van der Waals surface area contributed by atoms with Crippen LogP contribution in [0.4, 0.5) is 10.2 Å². The van der Waals surface area contributed by atoms with E-state index in [9.17, 15) is 4.39 Å². The Balaban J connectivity index is 1.47. The van der Waals surface area contributed by atoms with E-state index in [2.05, 4.69) is 40.7 Å². The summed E-state index contributed by atoms with van der Waals surface area (Å²) in [6, 6.07) is 14.4. The SMILES string of the molecule is Nc1ncc(-c2ccc([CH]N3CCCC3)cc2)cc1OCc1ccc(F)cc1Cl. The van der Waals surface area contributed by atoms with E-state index in [0.29, 0.717) is 22.2 Å². The predicted molar refractivity (Wildman–Crippen MR) is 114 cm³/mol. The number of benzene rings is 2. The molecule has 6 heteroatoms. The van der Waals surface area contributed by atoms with E-state index < -0.39 is 0 Å². The maximum absolute atomic E-state index is 13.2. The van der Waals surface area contributed by atoms with Crippen LogP contribution in [-0.2, 0) is 6.61 Å². The number of aromatic nitrogens is 1. The summed E-state index contributed by atoms with van der Waals surface area (Å²) in [5, 5.41) is 0.317. The van der Waals surface area contributed by atoms with Crippen LogP contribution in [0.1, 0.15) is 24.0 Å². The molecule has 0 unspecified atom stereocenters. The summed E-state index contributed by atoms with van der Waals surface area (Å²) >= 11 is 6.07. The minimum absolute atomic E-state index is 0.179. The van der Waals surface area contributed by atoms with Crippen molar-refractivity contribution in [3.8, 4) is 16.9 Å². The average molecular weight is 411 g/mol. The molecule has 1 fully saturated rings. The van der Waals surface area contributed by atoms with Crippen molar-refractivity contribution in [1.29, 1.82) is 0 Å². The summed E-state index contributed by atoms with van der Waals surface area (Å²) in [6.07, 6.45) is 4.25. The van der Waals surface area contributed by atoms with Gasteiger partial charge in [-0.15, -0.1) is 0 Å². The third-order valence-corrected chi connectivity index (χ3v) is 5.35. The monoisotopic (exact) mass is 410 g/mol. The Hall–Kier alpha value is -2.63. The third kappa shape index (κ3) is 4.86. The fourth-order valence-corrected chi connectivity index (χ4v) is 3.59. The highest BCUT2D eigenvalue weighted by atomic mass is 35.5. The first-order valence-electron chi connectivity index (χ1n) is 9.60. The van der Waals surface area contributed by atoms with Crippen molar-refractivity contribution in [3.63, 3.8) is 0 Å². The number of nitrogens with zero attached hydrogens (tertiary/aromatic N) is 2. The highest BCUT2D eigenvalue weighted by Gasteiger charge is 2.13. The number of ether oxygens (including phenoxy) is 1. The van der Waals surface area contributed by atoms with E-state index in [1.165, 1.54) is 30.5 Å². The molecule has 2 aromatic carbocycles. The zero-order chi connectivity index (χ0) is 20.2.